The van der Waals surface area contributed by atoms with Crippen LogP contribution in [0, 0.1) is 12.8 Å². The van der Waals surface area contributed by atoms with E-state index >= 15 is 0 Å². The summed E-state index contributed by atoms with van der Waals surface area (Å²) in [6.07, 6.45) is 1.46. The van der Waals surface area contributed by atoms with Gasteiger partial charge in [-0.1, -0.05) is 13.3 Å². The molecule has 25 heavy (non-hydrogen) atoms. The average Bonchev–Trinajstić information content (AvgIpc) is 3.09. The highest BCUT2D eigenvalue weighted by atomic mass is 32.1. The van der Waals surface area contributed by atoms with Gasteiger partial charge in [-0.05, 0) is 18.9 Å². The smallest absolute Gasteiger partial charge is 0.254 e. The Labute approximate surface area is 149 Å². The van der Waals surface area contributed by atoms with Crippen LogP contribution in [0.1, 0.15) is 35.0 Å². The molecule has 1 saturated heterocycles. The van der Waals surface area contributed by atoms with E-state index in [1.165, 1.54) is 18.4 Å². The molecule has 0 radical (unpaired) electrons. The summed E-state index contributed by atoms with van der Waals surface area (Å²) < 4.78 is 12.0. The molecular formula is C17H21N3O4S. The molecule has 2 amide bonds. The van der Waals surface area contributed by atoms with Crippen molar-refractivity contribution in [2.75, 3.05) is 13.7 Å². The lowest BCUT2D eigenvalue weighted by molar-refractivity contribution is -0.119. The molecule has 0 aliphatic carbocycles. The Morgan fingerprint density at radius 3 is 2.92 bits per heavy atom. The van der Waals surface area contributed by atoms with E-state index in [1.807, 2.05) is 6.92 Å². The molecule has 8 heteroatoms. The Morgan fingerprint density at radius 2 is 2.28 bits per heavy atom. The van der Waals surface area contributed by atoms with Gasteiger partial charge in [0, 0.05) is 11.3 Å². The molecule has 3 heterocycles. The molecule has 0 aromatic carbocycles. The third-order valence-electron chi connectivity index (χ3n) is 4.50. The van der Waals surface area contributed by atoms with Crippen molar-refractivity contribution in [2.24, 2.45) is 11.7 Å². The molecule has 0 unspecified atom stereocenters. The van der Waals surface area contributed by atoms with E-state index in [1.54, 1.807) is 6.07 Å². The maximum Gasteiger partial charge on any atom is 0.254 e. The number of thiophene rings is 1. The van der Waals surface area contributed by atoms with Crippen molar-refractivity contribution in [3.8, 4) is 11.6 Å². The van der Waals surface area contributed by atoms with Gasteiger partial charge in [0.1, 0.15) is 17.7 Å². The number of primary amides is 1. The molecule has 1 fully saturated rings. The van der Waals surface area contributed by atoms with Gasteiger partial charge in [0.25, 0.3) is 5.91 Å². The molecule has 1 aliphatic rings. The van der Waals surface area contributed by atoms with E-state index in [4.69, 9.17) is 15.2 Å². The molecule has 0 spiro atoms. The lowest BCUT2D eigenvalue weighted by atomic mass is 9.98. The van der Waals surface area contributed by atoms with Gasteiger partial charge >= 0.3 is 0 Å². The zero-order valence-corrected chi connectivity index (χ0v) is 15.2. The number of rotatable bonds is 6. The first kappa shape index (κ1) is 17.5. The second-order valence-corrected chi connectivity index (χ2v) is 7.36. The third-order valence-corrected chi connectivity index (χ3v) is 5.53. The molecule has 7 nitrogen and oxygen atoms in total. The lowest BCUT2D eigenvalue weighted by Gasteiger charge is -2.18. The molecule has 3 N–H and O–H groups in total. The average molecular weight is 363 g/mol. The largest absolute Gasteiger partial charge is 0.488 e. The van der Waals surface area contributed by atoms with Crippen molar-refractivity contribution in [3.63, 3.8) is 0 Å². The van der Waals surface area contributed by atoms with Gasteiger partial charge in [0.15, 0.2) is 5.75 Å². The van der Waals surface area contributed by atoms with E-state index in [-0.39, 0.29) is 29.3 Å². The number of aromatic nitrogens is 1. The fourth-order valence-corrected chi connectivity index (χ4v) is 4.13. The van der Waals surface area contributed by atoms with E-state index in [9.17, 15) is 9.59 Å². The van der Waals surface area contributed by atoms with Gasteiger partial charge in [-0.3, -0.25) is 9.59 Å². The van der Waals surface area contributed by atoms with Crippen LogP contribution in [0.3, 0.4) is 0 Å². The van der Waals surface area contributed by atoms with Crippen molar-refractivity contribution >= 4 is 33.4 Å². The Bertz CT molecular complexity index is 833. The second kappa shape index (κ2) is 6.87. The van der Waals surface area contributed by atoms with E-state index < -0.39 is 5.91 Å². The highest BCUT2D eigenvalue weighted by Gasteiger charge is 2.32. The van der Waals surface area contributed by atoms with Gasteiger partial charge in [0.2, 0.25) is 11.8 Å². The first-order valence-electron chi connectivity index (χ1n) is 8.14. The Kier molecular flexibility index (Phi) is 4.80. The summed E-state index contributed by atoms with van der Waals surface area (Å²) in [6, 6.07) is 1.68. The van der Waals surface area contributed by atoms with E-state index in [0.29, 0.717) is 24.3 Å². The highest BCUT2D eigenvalue weighted by molar-refractivity contribution is 7.19. The first-order valence-corrected chi connectivity index (χ1v) is 8.96. The van der Waals surface area contributed by atoms with Crippen LogP contribution in [0.4, 0.5) is 0 Å². The van der Waals surface area contributed by atoms with Crippen molar-refractivity contribution in [2.45, 2.75) is 32.7 Å². The molecule has 2 aromatic rings. The quantitative estimate of drug-likeness (QED) is 0.817. The van der Waals surface area contributed by atoms with Crippen molar-refractivity contribution < 1.29 is 19.1 Å². The minimum absolute atomic E-state index is 0.00126. The number of carbonyl (C=O) groups excluding carboxylic acids is 2. The van der Waals surface area contributed by atoms with Crippen molar-refractivity contribution in [1.82, 2.24) is 10.3 Å². The number of nitrogens with zero attached hydrogens (tertiary/aromatic N) is 1. The fraction of sp³-hybridized carbons (Fsp3) is 0.471. The zero-order chi connectivity index (χ0) is 18.1. The molecule has 1 aliphatic heterocycles. The molecule has 134 valence electrons. The molecular weight excluding hydrogens is 342 g/mol. The predicted molar refractivity (Wildman–Crippen MR) is 95.3 cm³/mol. The molecule has 2 atom stereocenters. The van der Waals surface area contributed by atoms with Crippen LogP contribution >= 0.6 is 11.3 Å². The van der Waals surface area contributed by atoms with Crippen LogP contribution in [0.5, 0.6) is 11.6 Å². The summed E-state index contributed by atoms with van der Waals surface area (Å²) in [5.41, 5.74) is 6.27. The zero-order valence-electron chi connectivity index (χ0n) is 14.4. The molecule has 2 aromatic heterocycles. The summed E-state index contributed by atoms with van der Waals surface area (Å²) in [5.74, 6) is 0.604. The van der Waals surface area contributed by atoms with Gasteiger partial charge in [0.05, 0.1) is 17.9 Å². The van der Waals surface area contributed by atoms with Crippen LogP contribution in [-0.2, 0) is 4.79 Å². The van der Waals surface area contributed by atoms with Crippen molar-refractivity contribution in [1.29, 1.82) is 0 Å². The van der Waals surface area contributed by atoms with Crippen molar-refractivity contribution in [3.05, 3.63) is 16.5 Å². The molecule has 0 bridgehead atoms. The van der Waals surface area contributed by atoms with Crippen LogP contribution in [-0.4, -0.2) is 36.6 Å². The maximum atomic E-state index is 11.6. The fourth-order valence-electron chi connectivity index (χ4n) is 3.14. The minimum Gasteiger partial charge on any atom is -0.488 e. The topological polar surface area (TPSA) is 104 Å². The first-order chi connectivity index (χ1) is 11.9. The summed E-state index contributed by atoms with van der Waals surface area (Å²) in [5, 5.41) is 2.96. The van der Waals surface area contributed by atoms with E-state index in [0.717, 1.165) is 16.0 Å². The van der Waals surface area contributed by atoms with Gasteiger partial charge in [-0.15, -0.1) is 11.3 Å². The minimum atomic E-state index is -0.584. The number of hydrogen-bond donors (Lipinski definition) is 2. The Balaban J connectivity index is 1.90. The van der Waals surface area contributed by atoms with Crippen LogP contribution < -0.4 is 20.5 Å². The lowest BCUT2D eigenvalue weighted by Crippen LogP contribution is -2.34. The summed E-state index contributed by atoms with van der Waals surface area (Å²) in [7, 11) is 1.44. The van der Waals surface area contributed by atoms with Gasteiger partial charge in [-0.2, -0.15) is 0 Å². The number of nitrogens with two attached hydrogens (primary N) is 1. The number of aryl methyl sites for hydroxylation is 1. The molecule has 0 saturated carbocycles. The number of amides is 2. The van der Waals surface area contributed by atoms with Gasteiger partial charge < -0.3 is 20.5 Å². The highest BCUT2D eigenvalue weighted by Crippen LogP contribution is 2.38. The number of hydrogen-bond acceptors (Lipinski definition) is 6. The molecule has 3 rings (SSSR count). The Morgan fingerprint density at radius 1 is 1.52 bits per heavy atom. The number of pyridine rings is 1. The Hall–Kier alpha value is -2.35. The standard InChI is InChI=1S/C17H21N3O4S/c1-4-9-5-13(21)19-11(9)7-24-15-8(2)25-12-6-10(16(18)22)17(23-3)20-14(12)15/h6,9,11H,4-5,7H2,1-3H3,(H2,18,22)(H,19,21)/t9-,11-/m1/s1. The monoisotopic (exact) mass is 363 g/mol. The number of methoxy groups -OCH3 is 1. The van der Waals surface area contributed by atoms with Crippen LogP contribution in [0.2, 0.25) is 0 Å². The van der Waals surface area contributed by atoms with E-state index in [2.05, 4.69) is 17.2 Å². The number of ether oxygens (including phenoxy) is 2. The third kappa shape index (κ3) is 3.26. The number of carbonyl (C=O) groups is 2. The van der Waals surface area contributed by atoms with Crippen LogP contribution in [0.25, 0.3) is 10.2 Å². The second-order valence-electron chi connectivity index (χ2n) is 6.10. The summed E-state index contributed by atoms with van der Waals surface area (Å²) in [6.45, 7) is 4.39. The number of fused-ring (bicyclic) bond motifs is 1. The van der Waals surface area contributed by atoms with Crippen LogP contribution in [0.15, 0.2) is 6.07 Å². The summed E-state index contributed by atoms with van der Waals surface area (Å²) >= 11 is 1.48. The normalized spacial score (nSPS) is 19.9. The van der Waals surface area contributed by atoms with Gasteiger partial charge in [-0.25, -0.2) is 4.98 Å². The predicted octanol–water partition coefficient (Wildman–Crippen LogP) is 2.01. The summed E-state index contributed by atoms with van der Waals surface area (Å²) in [4.78, 5) is 28.5. The number of nitrogens with one attached hydrogen (secondary N) is 1. The SMILES string of the molecule is CC[C@@H]1CC(=O)N[C@@H]1COc1c(C)sc2cc(C(N)=O)c(OC)nc12. The maximum absolute atomic E-state index is 11.6.